The van der Waals surface area contributed by atoms with E-state index < -0.39 is 5.97 Å². The summed E-state index contributed by atoms with van der Waals surface area (Å²) in [7, 11) is 0. The van der Waals surface area contributed by atoms with Crippen LogP contribution in [0.4, 0.5) is 9.18 Å². The van der Waals surface area contributed by atoms with E-state index in [-0.39, 0.29) is 24.2 Å². The van der Waals surface area contributed by atoms with Gasteiger partial charge in [-0.25, -0.2) is 9.18 Å². The van der Waals surface area contributed by atoms with Gasteiger partial charge in [-0.15, -0.1) is 0 Å². The topological polar surface area (TPSA) is 78.4 Å². The first-order chi connectivity index (χ1) is 10.0. The molecule has 1 aromatic carbocycles. The lowest BCUT2D eigenvalue weighted by Crippen LogP contribution is -2.39. The highest BCUT2D eigenvalue weighted by molar-refractivity contribution is 5.74. The maximum absolute atomic E-state index is 13.4. The molecule has 0 spiro atoms. The van der Waals surface area contributed by atoms with E-state index in [1.54, 1.807) is 18.2 Å². The Labute approximate surface area is 123 Å². The Bertz CT molecular complexity index is 480. The molecule has 0 saturated heterocycles. The van der Waals surface area contributed by atoms with Gasteiger partial charge in [0.05, 0.1) is 0 Å². The Morgan fingerprint density at radius 2 is 2.00 bits per heavy atom. The van der Waals surface area contributed by atoms with Crippen LogP contribution in [0.25, 0.3) is 0 Å². The van der Waals surface area contributed by atoms with Crippen LogP contribution in [-0.4, -0.2) is 30.2 Å². The van der Waals surface area contributed by atoms with Gasteiger partial charge in [-0.05, 0) is 24.0 Å². The van der Waals surface area contributed by atoms with E-state index in [1.165, 1.54) is 6.07 Å². The van der Waals surface area contributed by atoms with Gasteiger partial charge in [-0.3, -0.25) is 4.79 Å². The molecular weight excluding hydrogens is 275 g/mol. The second kappa shape index (κ2) is 8.94. The average molecular weight is 296 g/mol. The van der Waals surface area contributed by atoms with Crippen molar-refractivity contribution in [2.75, 3.05) is 13.1 Å². The van der Waals surface area contributed by atoms with Crippen molar-refractivity contribution >= 4 is 12.0 Å². The number of carbonyl (C=O) groups is 2. The lowest BCUT2D eigenvalue weighted by atomic mass is 10.0. The predicted molar refractivity (Wildman–Crippen MR) is 77.5 cm³/mol. The van der Waals surface area contributed by atoms with Gasteiger partial charge < -0.3 is 15.7 Å². The summed E-state index contributed by atoms with van der Waals surface area (Å²) in [5.41, 5.74) is 0.551. The Hall–Kier alpha value is -2.11. The van der Waals surface area contributed by atoms with Crippen LogP contribution in [0.1, 0.15) is 25.3 Å². The first-order valence-corrected chi connectivity index (χ1v) is 6.99. The molecule has 1 rings (SSSR count). The second-order valence-electron chi connectivity index (χ2n) is 4.85. The molecule has 0 aliphatic heterocycles. The molecule has 6 heteroatoms. The van der Waals surface area contributed by atoms with Crippen molar-refractivity contribution in [1.29, 1.82) is 0 Å². The van der Waals surface area contributed by atoms with Crippen molar-refractivity contribution in [2.24, 2.45) is 5.92 Å². The van der Waals surface area contributed by atoms with Crippen LogP contribution in [0.15, 0.2) is 24.3 Å². The third kappa shape index (κ3) is 6.74. The number of aliphatic carboxylic acids is 1. The average Bonchev–Trinajstić information content (AvgIpc) is 2.45. The monoisotopic (exact) mass is 296 g/mol. The molecule has 21 heavy (non-hydrogen) atoms. The van der Waals surface area contributed by atoms with Gasteiger partial charge in [-0.2, -0.15) is 0 Å². The molecular formula is C15H21FN2O3. The maximum atomic E-state index is 13.4. The molecule has 0 aliphatic carbocycles. The molecule has 5 nitrogen and oxygen atoms in total. The third-order valence-electron chi connectivity index (χ3n) is 3.23. The highest BCUT2D eigenvalue weighted by Gasteiger charge is 2.12. The molecule has 1 aromatic rings. The summed E-state index contributed by atoms with van der Waals surface area (Å²) < 4.78 is 13.4. The van der Waals surface area contributed by atoms with E-state index in [2.05, 4.69) is 10.6 Å². The summed E-state index contributed by atoms with van der Waals surface area (Å²) in [6.45, 7) is 2.52. The molecule has 0 heterocycles. The fourth-order valence-corrected chi connectivity index (χ4v) is 1.92. The largest absolute Gasteiger partial charge is 0.481 e. The van der Waals surface area contributed by atoms with Crippen LogP contribution < -0.4 is 10.6 Å². The number of hydrogen-bond donors (Lipinski definition) is 3. The van der Waals surface area contributed by atoms with E-state index in [1.807, 2.05) is 6.92 Å². The summed E-state index contributed by atoms with van der Waals surface area (Å²) in [5, 5.41) is 14.0. The molecule has 1 atom stereocenters. The zero-order valence-corrected chi connectivity index (χ0v) is 12.1. The second-order valence-corrected chi connectivity index (χ2v) is 4.85. The first-order valence-electron chi connectivity index (χ1n) is 6.99. The van der Waals surface area contributed by atoms with Gasteiger partial charge in [0.1, 0.15) is 5.82 Å². The van der Waals surface area contributed by atoms with Crippen LogP contribution in [0.5, 0.6) is 0 Å². The number of nitrogens with one attached hydrogen (secondary N) is 2. The summed E-state index contributed by atoms with van der Waals surface area (Å²) in [6, 6.07) is 6.06. The molecule has 0 fully saturated rings. The smallest absolute Gasteiger partial charge is 0.314 e. The lowest BCUT2D eigenvalue weighted by Gasteiger charge is -2.14. The SMILES string of the molecule is CCC(CNC(=O)NCCc1ccccc1F)CC(=O)O. The number of benzene rings is 1. The minimum absolute atomic E-state index is 0.0337. The number of urea groups is 1. The Kier molecular flexibility index (Phi) is 7.21. The predicted octanol–water partition coefficient (Wildman–Crippen LogP) is 2.17. The van der Waals surface area contributed by atoms with Crippen LogP contribution in [0.2, 0.25) is 0 Å². The van der Waals surface area contributed by atoms with E-state index in [4.69, 9.17) is 5.11 Å². The molecule has 0 radical (unpaired) electrons. The Balaban J connectivity index is 2.25. The molecule has 0 aromatic heterocycles. The minimum atomic E-state index is -0.872. The molecule has 3 N–H and O–H groups in total. The van der Waals surface area contributed by atoms with Crippen molar-refractivity contribution in [1.82, 2.24) is 10.6 Å². The fraction of sp³-hybridized carbons (Fsp3) is 0.467. The third-order valence-corrected chi connectivity index (χ3v) is 3.23. The van der Waals surface area contributed by atoms with Crippen LogP contribution >= 0.6 is 0 Å². The van der Waals surface area contributed by atoms with Gasteiger partial charge >= 0.3 is 12.0 Å². The maximum Gasteiger partial charge on any atom is 0.314 e. The lowest BCUT2D eigenvalue weighted by molar-refractivity contribution is -0.138. The van der Waals surface area contributed by atoms with Crippen molar-refractivity contribution in [2.45, 2.75) is 26.2 Å². The number of carboxylic acid groups (broad SMARTS) is 1. The number of hydrogen-bond acceptors (Lipinski definition) is 2. The molecule has 0 bridgehead atoms. The van der Waals surface area contributed by atoms with E-state index in [9.17, 15) is 14.0 Å². The van der Waals surface area contributed by atoms with Gasteiger partial charge in [0.25, 0.3) is 0 Å². The van der Waals surface area contributed by atoms with Gasteiger partial charge in [0.2, 0.25) is 0 Å². The highest BCUT2D eigenvalue weighted by atomic mass is 19.1. The van der Waals surface area contributed by atoms with Gasteiger partial charge in [0.15, 0.2) is 0 Å². The molecule has 116 valence electrons. The van der Waals surface area contributed by atoms with Crippen LogP contribution in [0.3, 0.4) is 0 Å². The van der Waals surface area contributed by atoms with E-state index in [0.29, 0.717) is 31.5 Å². The van der Waals surface area contributed by atoms with Crippen molar-refractivity contribution in [3.8, 4) is 0 Å². The Morgan fingerprint density at radius 3 is 2.62 bits per heavy atom. The fourth-order valence-electron chi connectivity index (χ4n) is 1.92. The van der Waals surface area contributed by atoms with Gasteiger partial charge in [0, 0.05) is 19.5 Å². The number of halogens is 1. The first kappa shape index (κ1) is 16.9. The highest BCUT2D eigenvalue weighted by Crippen LogP contribution is 2.07. The normalized spacial score (nSPS) is 11.7. The van der Waals surface area contributed by atoms with Crippen molar-refractivity contribution in [3.05, 3.63) is 35.6 Å². The quantitative estimate of drug-likeness (QED) is 0.688. The van der Waals surface area contributed by atoms with Gasteiger partial charge in [-0.1, -0.05) is 31.5 Å². The zero-order chi connectivity index (χ0) is 15.7. The Morgan fingerprint density at radius 1 is 1.29 bits per heavy atom. The van der Waals surface area contributed by atoms with Crippen molar-refractivity contribution in [3.63, 3.8) is 0 Å². The molecule has 0 saturated carbocycles. The summed E-state index contributed by atoms with van der Waals surface area (Å²) in [4.78, 5) is 22.2. The van der Waals surface area contributed by atoms with Crippen molar-refractivity contribution < 1.29 is 19.1 Å². The molecule has 2 amide bonds. The summed E-state index contributed by atoms with van der Waals surface area (Å²) in [5.74, 6) is -1.24. The number of rotatable bonds is 8. The summed E-state index contributed by atoms with van der Waals surface area (Å²) >= 11 is 0. The number of carboxylic acids is 1. The molecule has 0 aliphatic rings. The zero-order valence-electron chi connectivity index (χ0n) is 12.1. The number of carbonyl (C=O) groups excluding carboxylic acids is 1. The minimum Gasteiger partial charge on any atom is -0.481 e. The van der Waals surface area contributed by atoms with E-state index >= 15 is 0 Å². The standard InChI is InChI=1S/C15H21FN2O3/c1-2-11(9-14(19)20)10-18-15(21)17-8-7-12-5-3-4-6-13(12)16/h3-6,11H,2,7-10H2,1H3,(H,19,20)(H2,17,18,21). The number of amides is 2. The van der Waals surface area contributed by atoms with Crippen LogP contribution in [-0.2, 0) is 11.2 Å². The molecule has 1 unspecified atom stereocenters. The summed E-state index contributed by atoms with van der Waals surface area (Å²) in [6.07, 6.45) is 1.13. The van der Waals surface area contributed by atoms with E-state index in [0.717, 1.165) is 0 Å². The van der Waals surface area contributed by atoms with Crippen LogP contribution in [0, 0.1) is 11.7 Å².